The van der Waals surface area contributed by atoms with Gasteiger partial charge in [0, 0.05) is 17.3 Å². The highest BCUT2D eigenvalue weighted by atomic mass is 79.9. The first kappa shape index (κ1) is 16.0. The first-order chi connectivity index (χ1) is 10.0. The van der Waals surface area contributed by atoms with Gasteiger partial charge in [-0.3, -0.25) is 0 Å². The zero-order chi connectivity index (χ0) is 15.4. The zero-order valence-corrected chi connectivity index (χ0v) is 14.3. The van der Waals surface area contributed by atoms with Crippen LogP contribution in [0.1, 0.15) is 18.1 Å². The van der Waals surface area contributed by atoms with Crippen molar-refractivity contribution in [2.24, 2.45) is 0 Å². The molecule has 0 aliphatic carbocycles. The van der Waals surface area contributed by atoms with E-state index < -0.39 is 0 Å². The molecular weight excluding hydrogens is 354 g/mol. The first-order valence-electron chi connectivity index (χ1n) is 6.65. The van der Waals surface area contributed by atoms with Crippen LogP contribution in [0.15, 0.2) is 34.8 Å². The highest BCUT2D eigenvalue weighted by Crippen LogP contribution is 2.35. The molecule has 0 amide bonds. The minimum Gasteiger partial charge on any atom is -0.503 e. The molecule has 0 bridgehead atoms. The van der Waals surface area contributed by atoms with E-state index in [1.165, 1.54) is 0 Å². The minimum absolute atomic E-state index is 0.124. The number of phenolic OH excluding ortho intramolecular Hbond substituents is 1. The number of nitrogens with one attached hydrogen (secondary N) is 1. The van der Waals surface area contributed by atoms with E-state index in [0.29, 0.717) is 23.4 Å². The van der Waals surface area contributed by atoms with Crippen LogP contribution in [0, 0.1) is 6.92 Å². The molecule has 0 unspecified atom stereocenters. The number of hydrogen-bond acceptors (Lipinski definition) is 3. The van der Waals surface area contributed by atoms with Crippen molar-refractivity contribution >= 4 is 33.2 Å². The standard InChI is InChI=1S/C16H17BrClNO2/c1-3-21-15-7-11(6-13(17)16(15)20)9-19-12-5-4-10(2)14(18)8-12/h4-8,19-20H,3,9H2,1-2H3. The maximum absolute atomic E-state index is 9.90. The van der Waals surface area contributed by atoms with Crippen molar-refractivity contribution < 1.29 is 9.84 Å². The summed E-state index contributed by atoms with van der Waals surface area (Å²) in [6.45, 7) is 4.97. The quantitative estimate of drug-likeness (QED) is 0.767. The molecule has 0 saturated heterocycles. The average molecular weight is 371 g/mol. The van der Waals surface area contributed by atoms with Crippen molar-refractivity contribution in [2.75, 3.05) is 11.9 Å². The number of anilines is 1. The molecule has 0 spiro atoms. The van der Waals surface area contributed by atoms with E-state index in [0.717, 1.165) is 21.8 Å². The highest BCUT2D eigenvalue weighted by Gasteiger charge is 2.09. The number of ether oxygens (including phenoxy) is 1. The second-order valence-corrected chi connectivity index (χ2v) is 5.94. The van der Waals surface area contributed by atoms with Gasteiger partial charge in [-0.1, -0.05) is 17.7 Å². The van der Waals surface area contributed by atoms with Crippen molar-refractivity contribution in [3.05, 3.63) is 51.0 Å². The molecule has 2 aromatic carbocycles. The smallest absolute Gasteiger partial charge is 0.172 e. The number of hydrogen-bond donors (Lipinski definition) is 2. The molecule has 0 aliphatic rings. The molecular formula is C16H17BrClNO2. The molecule has 2 aromatic rings. The predicted molar refractivity (Wildman–Crippen MR) is 90.5 cm³/mol. The minimum atomic E-state index is 0.124. The Labute approximate surface area is 138 Å². The summed E-state index contributed by atoms with van der Waals surface area (Å²) in [5.74, 6) is 0.601. The van der Waals surface area contributed by atoms with Crippen LogP contribution in [0.3, 0.4) is 0 Å². The fourth-order valence-electron chi connectivity index (χ4n) is 1.90. The van der Waals surface area contributed by atoms with Crippen LogP contribution in [0.25, 0.3) is 0 Å². The van der Waals surface area contributed by atoms with Crippen molar-refractivity contribution in [2.45, 2.75) is 20.4 Å². The van der Waals surface area contributed by atoms with Crippen LogP contribution < -0.4 is 10.1 Å². The van der Waals surface area contributed by atoms with Gasteiger partial charge in [0.1, 0.15) is 0 Å². The van der Waals surface area contributed by atoms with Crippen molar-refractivity contribution in [3.8, 4) is 11.5 Å². The van der Waals surface area contributed by atoms with Gasteiger partial charge in [0.25, 0.3) is 0 Å². The van der Waals surface area contributed by atoms with E-state index in [4.69, 9.17) is 16.3 Å². The van der Waals surface area contributed by atoms with Gasteiger partial charge in [-0.25, -0.2) is 0 Å². The molecule has 0 fully saturated rings. The Bertz CT molecular complexity index is 646. The number of halogens is 2. The lowest BCUT2D eigenvalue weighted by atomic mass is 10.2. The van der Waals surface area contributed by atoms with Gasteiger partial charge in [0.05, 0.1) is 11.1 Å². The number of rotatable bonds is 5. The van der Waals surface area contributed by atoms with E-state index in [1.807, 2.05) is 44.2 Å². The van der Waals surface area contributed by atoms with Gasteiger partial charge in [-0.05, 0) is 65.2 Å². The Kier molecular flexibility index (Phi) is 5.37. The number of aromatic hydroxyl groups is 1. The number of phenols is 1. The summed E-state index contributed by atoms with van der Waals surface area (Å²) in [6.07, 6.45) is 0. The Balaban J connectivity index is 2.14. The Morgan fingerprint density at radius 2 is 2.05 bits per heavy atom. The van der Waals surface area contributed by atoms with Gasteiger partial charge in [0.2, 0.25) is 0 Å². The van der Waals surface area contributed by atoms with E-state index in [1.54, 1.807) is 0 Å². The van der Waals surface area contributed by atoms with Gasteiger partial charge in [-0.15, -0.1) is 0 Å². The van der Waals surface area contributed by atoms with Crippen molar-refractivity contribution in [3.63, 3.8) is 0 Å². The molecule has 0 saturated carbocycles. The Hall–Kier alpha value is -1.39. The van der Waals surface area contributed by atoms with Gasteiger partial charge >= 0.3 is 0 Å². The summed E-state index contributed by atoms with van der Waals surface area (Å²) < 4.78 is 6.03. The van der Waals surface area contributed by atoms with Gasteiger partial charge < -0.3 is 15.2 Å². The highest BCUT2D eigenvalue weighted by molar-refractivity contribution is 9.10. The van der Waals surface area contributed by atoms with Crippen LogP contribution in [-0.2, 0) is 6.54 Å². The molecule has 112 valence electrons. The van der Waals surface area contributed by atoms with E-state index in [2.05, 4.69) is 21.2 Å². The van der Waals surface area contributed by atoms with Crippen LogP contribution in [0.4, 0.5) is 5.69 Å². The van der Waals surface area contributed by atoms with Crippen LogP contribution in [0.2, 0.25) is 5.02 Å². The molecule has 3 nitrogen and oxygen atoms in total. The molecule has 2 N–H and O–H groups in total. The lowest BCUT2D eigenvalue weighted by Crippen LogP contribution is -2.01. The SMILES string of the molecule is CCOc1cc(CNc2ccc(C)c(Cl)c2)cc(Br)c1O. The Morgan fingerprint density at radius 1 is 1.29 bits per heavy atom. The van der Waals surface area contributed by atoms with E-state index >= 15 is 0 Å². The van der Waals surface area contributed by atoms with Crippen molar-refractivity contribution in [1.82, 2.24) is 0 Å². The lowest BCUT2D eigenvalue weighted by molar-refractivity contribution is 0.317. The fourth-order valence-corrected chi connectivity index (χ4v) is 2.57. The largest absolute Gasteiger partial charge is 0.503 e. The summed E-state index contributed by atoms with van der Waals surface area (Å²) in [4.78, 5) is 0. The van der Waals surface area contributed by atoms with Crippen molar-refractivity contribution in [1.29, 1.82) is 0 Å². The molecule has 0 heterocycles. The number of benzene rings is 2. The molecule has 5 heteroatoms. The summed E-state index contributed by atoms with van der Waals surface area (Å²) in [5.41, 5.74) is 3.00. The predicted octanol–water partition coefficient (Wildman–Crippen LogP) is 5.13. The van der Waals surface area contributed by atoms with Crippen LogP contribution >= 0.6 is 27.5 Å². The van der Waals surface area contributed by atoms with Gasteiger partial charge in [-0.2, -0.15) is 0 Å². The third-order valence-electron chi connectivity index (χ3n) is 3.06. The van der Waals surface area contributed by atoms with Gasteiger partial charge in [0.15, 0.2) is 11.5 Å². The summed E-state index contributed by atoms with van der Waals surface area (Å²) in [7, 11) is 0. The first-order valence-corrected chi connectivity index (χ1v) is 7.82. The third-order valence-corrected chi connectivity index (χ3v) is 4.07. The summed E-state index contributed by atoms with van der Waals surface area (Å²) in [6, 6.07) is 9.55. The average Bonchev–Trinajstić information content (AvgIpc) is 2.45. The maximum Gasteiger partial charge on any atom is 0.172 e. The normalized spacial score (nSPS) is 10.5. The van der Waals surface area contributed by atoms with E-state index in [-0.39, 0.29) is 5.75 Å². The maximum atomic E-state index is 9.90. The fraction of sp³-hybridized carbons (Fsp3) is 0.250. The van der Waals surface area contributed by atoms with E-state index in [9.17, 15) is 5.11 Å². The zero-order valence-electron chi connectivity index (χ0n) is 11.9. The Morgan fingerprint density at radius 3 is 2.71 bits per heavy atom. The third kappa shape index (κ3) is 4.05. The van der Waals surface area contributed by atoms with Crippen LogP contribution in [0.5, 0.6) is 11.5 Å². The number of aryl methyl sites for hydroxylation is 1. The lowest BCUT2D eigenvalue weighted by Gasteiger charge is -2.12. The summed E-state index contributed by atoms with van der Waals surface area (Å²) >= 11 is 9.44. The molecule has 2 rings (SSSR count). The molecule has 0 atom stereocenters. The second-order valence-electron chi connectivity index (χ2n) is 4.67. The second kappa shape index (κ2) is 7.05. The molecule has 0 radical (unpaired) electrons. The topological polar surface area (TPSA) is 41.5 Å². The van der Waals surface area contributed by atoms with Crippen LogP contribution in [-0.4, -0.2) is 11.7 Å². The molecule has 0 aromatic heterocycles. The molecule has 0 aliphatic heterocycles. The summed E-state index contributed by atoms with van der Waals surface area (Å²) in [5, 5.41) is 13.9. The monoisotopic (exact) mass is 369 g/mol. The molecule has 21 heavy (non-hydrogen) atoms.